The second kappa shape index (κ2) is 7.13. The molecule has 1 aromatic rings. The van der Waals surface area contributed by atoms with Crippen LogP contribution in [0.15, 0.2) is 23.1 Å². The Labute approximate surface area is 131 Å². The fraction of sp³-hybridized carbons (Fsp3) is 0.600. The maximum absolute atomic E-state index is 12.5. The van der Waals surface area contributed by atoms with Gasteiger partial charge in [-0.3, -0.25) is 0 Å². The van der Waals surface area contributed by atoms with Crippen LogP contribution in [0.25, 0.3) is 0 Å². The molecule has 1 saturated carbocycles. The second-order valence-corrected chi connectivity index (χ2v) is 8.49. The lowest BCUT2D eigenvalue weighted by atomic mass is 9.96. The van der Waals surface area contributed by atoms with Crippen molar-refractivity contribution in [2.24, 2.45) is 5.73 Å². The third-order valence-corrected chi connectivity index (χ3v) is 6.75. The van der Waals surface area contributed by atoms with Crippen LogP contribution < -0.4 is 10.5 Å². The molecule has 3 N–H and O–H groups in total. The van der Waals surface area contributed by atoms with E-state index >= 15 is 0 Å². The molecule has 118 valence electrons. The fourth-order valence-corrected chi connectivity index (χ4v) is 4.95. The van der Waals surface area contributed by atoms with Crippen molar-refractivity contribution in [2.75, 3.05) is 6.26 Å². The third kappa shape index (κ3) is 4.22. The smallest absolute Gasteiger partial charge is 0.240 e. The van der Waals surface area contributed by atoms with Crippen LogP contribution in [0.5, 0.6) is 0 Å². The fourth-order valence-electron chi connectivity index (χ4n) is 2.79. The minimum atomic E-state index is -3.46. The van der Waals surface area contributed by atoms with Gasteiger partial charge >= 0.3 is 0 Å². The van der Waals surface area contributed by atoms with Gasteiger partial charge in [0.2, 0.25) is 10.0 Å². The number of nitrogens with two attached hydrogens (primary N) is 1. The molecule has 4 nitrogen and oxygen atoms in total. The van der Waals surface area contributed by atoms with Crippen molar-refractivity contribution in [3.05, 3.63) is 29.3 Å². The molecule has 0 amide bonds. The number of hydrogen-bond acceptors (Lipinski definition) is 4. The number of aryl methyl sites for hydroxylation is 1. The highest BCUT2D eigenvalue weighted by atomic mass is 32.2. The summed E-state index contributed by atoms with van der Waals surface area (Å²) in [7, 11) is -3.46. The highest BCUT2D eigenvalue weighted by Gasteiger charge is 2.26. The normalized spacial score (nSPS) is 23.2. The summed E-state index contributed by atoms with van der Waals surface area (Å²) in [6.45, 7) is 2.30. The lowest BCUT2D eigenvalue weighted by Crippen LogP contribution is -2.39. The molecule has 1 aliphatic rings. The first kappa shape index (κ1) is 16.8. The lowest BCUT2D eigenvalue weighted by Gasteiger charge is -2.28. The van der Waals surface area contributed by atoms with E-state index in [-0.39, 0.29) is 6.04 Å². The molecule has 6 heteroatoms. The van der Waals surface area contributed by atoms with Crippen LogP contribution in [0.4, 0.5) is 0 Å². The summed E-state index contributed by atoms with van der Waals surface area (Å²) in [5.74, 6) is 0. The summed E-state index contributed by atoms with van der Waals surface area (Å²) >= 11 is 1.83. The van der Waals surface area contributed by atoms with Crippen LogP contribution in [-0.2, 0) is 16.6 Å². The van der Waals surface area contributed by atoms with E-state index in [9.17, 15) is 8.42 Å². The first-order valence-corrected chi connectivity index (χ1v) is 10.1. The molecule has 2 atom stereocenters. The van der Waals surface area contributed by atoms with Gasteiger partial charge in [0, 0.05) is 17.8 Å². The number of rotatable bonds is 5. The standard InChI is InChI=1S/C15H24N2O2S2/c1-11-6-7-15(8-12(11)10-16)21(18,19)17-13-4-3-5-14(9-13)20-2/h6-8,13-14,17H,3-5,9-10,16H2,1-2H3. The van der Waals surface area contributed by atoms with Gasteiger partial charge in [0.05, 0.1) is 4.90 Å². The van der Waals surface area contributed by atoms with Gasteiger partial charge in [-0.1, -0.05) is 12.5 Å². The van der Waals surface area contributed by atoms with Crippen molar-refractivity contribution < 1.29 is 8.42 Å². The molecule has 0 aromatic heterocycles. The number of thioether (sulfide) groups is 1. The summed E-state index contributed by atoms with van der Waals surface area (Å²) in [6.07, 6.45) is 6.19. The summed E-state index contributed by atoms with van der Waals surface area (Å²) in [6, 6.07) is 5.21. The molecule has 0 aliphatic heterocycles. The Hall–Kier alpha value is -0.560. The number of nitrogens with one attached hydrogen (secondary N) is 1. The molecular weight excluding hydrogens is 304 g/mol. The second-order valence-electron chi connectivity index (χ2n) is 5.63. The molecule has 0 spiro atoms. The zero-order valence-electron chi connectivity index (χ0n) is 12.6. The molecule has 0 radical (unpaired) electrons. The van der Waals surface area contributed by atoms with Crippen LogP contribution in [0.3, 0.4) is 0 Å². The molecule has 1 fully saturated rings. The Kier molecular flexibility index (Phi) is 5.71. The van der Waals surface area contributed by atoms with E-state index in [0.29, 0.717) is 16.7 Å². The SMILES string of the molecule is CSC1CCCC(NS(=O)(=O)c2ccc(C)c(CN)c2)C1. The van der Waals surface area contributed by atoms with Crippen molar-refractivity contribution in [1.29, 1.82) is 0 Å². The van der Waals surface area contributed by atoms with Gasteiger partial charge in [-0.15, -0.1) is 0 Å². The molecule has 0 saturated heterocycles. The van der Waals surface area contributed by atoms with Crippen molar-refractivity contribution in [3.63, 3.8) is 0 Å². The molecule has 1 aromatic carbocycles. The largest absolute Gasteiger partial charge is 0.326 e. The Balaban J connectivity index is 2.14. The van der Waals surface area contributed by atoms with E-state index in [4.69, 9.17) is 5.73 Å². The molecule has 0 bridgehead atoms. The van der Waals surface area contributed by atoms with Gasteiger partial charge in [-0.25, -0.2) is 13.1 Å². The van der Waals surface area contributed by atoms with Crippen LogP contribution in [-0.4, -0.2) is 26.0 Å². The van der Waals surface area contributed by atoms with Crippen molar-refractivity contribution in [3.8, 4) is 0 Å². The minimum absolute atomic E-state index is 0.0452. The zero-order chi connectivity index (χ0) is 15.5. The van der Waals surface area contributed by atoms with Crippen LogP contribution >= 0.6 is 11.8 Å². The highest BCUT2D eigenvalue weighted by Crippen LogP contribution is 2.28. The van der Waals surface area contributed by atoms with Crippen molar-refractivity contribution >= 4 is 21.8 Å². The lowest BCUT2D eigenvalue weighted by molar-refractivity contribution is 0.421. The quantitative estimate of drug-likeness (QED) is 0.870. The van der Waals surface area contributed by atoms with Crippen LogP contribution in [0.2, 0.25) is 0 Å². The van der Waals surface area contributed by atoms with E-state index in [1.165, 1.54) is 6.42 Å². The van der Waals surface area contributed by atoms with Gasteiger partial charge in [-0.05, 0) is 55.7 Å². The molecule has 2 unspecified atom stereocenters. The Morgan fingerprint density at radius 3 is 2.81 bits per heavy atom. The number of benzene rings is 1. The van der Waals surface area contributed by atoms with Gasteiger partial charge in [0.15, 0.2) is 0 Å². The van der Waals surface area contributed by atoms with E-state index < -0.39 is 10.0 Å². The van der Waals surface area contributed by atoms with Gasteiger partial charge in [0.25, 0.3) is 0 Å². The molecular formula is C15H24N2O2S2. The summed E-state index contributed by atoms with van der Waals surface area (Å²) in [5, 5.41) is 0.559. The average Bonchev–Trinajstić information content (AvgIpc) is 2.47. The van der Waals surface area contributed by atoms with Crippen molar-refractivity contribution in [2.45, 2.75) is 55.3 Å². The Bertz CT molecular complexity index is 587. The summed E-state index contributed by atoms with van der Waals surface area (Å²) in [4.78, 5) is 0.319. The van der Waals surface area contributed by atoms with E-state index in [1.807, 2.05) is 24.8 Å². The Morgan fingerprint density at radius 1 is 1.38 bits per heavy atom. The predicted octanol–water partition coefficient (Wildman–Crippen LogP) is 2.41. The summed E-state index contributed by atoms with van der Waals surface area (Å²) < 4.78 is 27.9. The molecule has 0 heterocycles. The molecule has 21 heavy (non-hydrogen) atoms. The van der Waals surface area contributed by atoms with Gasteiger partial charge in [0.1, 0.15) is 0 Å². The first-order valence-electron chi connectivity index (χ1n) is 7.31. The monoisotopic (exact) mass is 328 g/mol. The van der Waals surface area contributed by atoms with Gasteiger partial charge in [-0.2, -0.15) is 11.8 Å². The van der Waals surface area contributed by atoms with E-state index in [0.717, 1.165) is 30.4 Å². The van der Waals surface area contributed by atoms with Gasteiger partial charge < -0.3 is 5.73 Å². The topological polar surface area (TPSA) is 72.2 Å². The molecule has 1 aliphatic carbocycles. The maximum Gasteiger partial charge on any atom is 0.240 e. The van der Waals surface area contributed by atoms with E-state index in [1.54, 1.807) is 12.1 Å². The van der Waals surface area contributed by atoms with Crippen LogP contribution in [0, 0.1) is 6.92 Å². The third-order valence-electron chi connectivity index (χ3n) is 4.13. The van der Waals surface area contributed by atoms with Crippen LogP contribution in [0.1, 0.15) is 36.8 Å². The zero-order valence-corrected chi connectivity index (χ0v) is 14.3. The highest BCUT2D eigenvalue weighted by molar-refractivity contribution is 7.99. The predicted molar refractivity (Wildman–Crippen MR) is 89.0 cm³/mol. The minimum Gasteiger partial charge on any atom is -0.326 e. The number of hydrogen-bond donors (Lipinski definition) is 2. The van der Waals surface area contributed by atoms with Crippen molar-refractivity contribution in [1.82, 2.24) is 4.72 Å². The number of sulfonamides is 1. The molecule has 2 rings (SSSR count). The van der Waals surface area contributed by atoms with E-state index in [2.05, 4.69) is 11.0 Å². The first-order chi connectivity index (χ1) is 9.96. The average molecular weight is 329 g/mol. The maximum atomic E-state index is 12.5. The summed E-state index contributed by atoms with van der Waals surface area (Å²) in [5.41, 5.74) is 7.57. The Morgan fingerprint density at radius 2 is 2.14 bits per heavy atom.